The van der Waals surface area contributed by atoms with Crippen LogP contribution in [0.5, 0.6) is 0 Å². The van der Waals surface area contributed by atoms with E-state index >= 15 is 0 Å². The van der Waals surface area contributed by atoms with E-state index in [0.717, 1.165) is 13.3 Å². The number of alkyl halides is 3. The summed E-state index contributed by atoms with van der Waals surface area (Å²) in [4.78, 5) is 16.6. The summed E-state index contributed by atoms with van der Waals surface area (Å²) >= 11 is 0. The summed E-state index contributed by atoms with van der Waals surface area (Å²) in [5, 5.41) is 4.85. The van der Waals surface area contributed by atoms with E-state index < -0.39 is 52.3 Å². The van der Waals surface area contributed by atoms with Gasteiger partial charge in [0.25, 0.3) is 5.91 Å². The van der Waals surface area contributed by atoms with Crippen molar-refractivity contribution in [1.29, 1.82) is 0 Å². The SMILES string of the molecule is C/C(=N\OC1CCC1)C(=O)Nc1c(F)c(F)c(C(F)(F)F)c(F)c1F. The molecule has 1 aliphatic rings. The number of amides is 1. The highest BCUT2D eigenvalue weighted by Crippen LogP contribution is 2.38. The van der Waals surface area contributed by atoms with Crippen LogP contribution in [0.1, 0.15) is 31.7 Å². The highest BCUT2D eigenvalue weighted by Gasteiger charge is 2.42. The van der Waals surface area contributed by atoms with Gasteiger partial charge >= 0.3 is 6.18 Å². The molecule has 0 aromatic heterocycles. The number of carbonyl (C=O) groups is 1. The fourth-order valence-electron chi connectivity index (χ4n) is 1.87. The van der Waals surface area contributed by atoms with Crippen molar-refractivity contribution < 1.29 is 40.4 Å². The van der Waals surface area contributed by atoms with Crippen molar-refractivity contribution in [1.82, 2.24) is 0 Å². The van der Waals surface area contributed by atoms with Crippen molar-refractivity contribution in [2.45, 2.75) is 38.5 Å². The topological polar surface area (TPSA) is 50.7 Å². The lowest BCUT2D eigenvalue weighted by Crippen LogP contribution is -2.26. The summed E-state index contributed by atoms with van der Waals surface area (Å²) in [6.07, 6.45) is -3.55. The summed E-state index contributed by atoms with van der Waals surface area (Å²) in [5.74, 6) is -11.4. The smallest absolute Gasteiger partial charge is 0.392 e. The van der Waals surface area contributed by atoms with Crippen LogP contribution in [0.4, 0.5) is 36.4 Å². The molecule has 25 heavy (non-hydrogen) atoms. The highest BCUT2D eigenvalue weighted by molar-refractivity contribution is 6.42. The van der Waals surface area contributed by atoms with E-state index in [1.165, 1.54) is 5.32 Å². The largest absolute Gasteiger partial charge is 0.422 e. The molecule has 11 heteroatoms. The summed E-state index contributed by atoms with van der Waals surface area (Å²) in [6.45, 7) is 1.08. The van der Waals surface area contributed by atoms with E-state index in [0.29, 0.717) is 12.8 Å². The average Bonchev–Trinajstić information content (AvgIpc) is 2.46. The Bertz CT molecular complexity index is 698. The number of nitrogens with one attached hydrogen (secondary N) is 1. The maximum Gasteiger partial charge on any atom is 0.422 e. The molecular formula is C14H11F7N2O2. The summed E-state index contributed by atoms with van der Waals surface area (Å²) in [7, 11) is 0. The van der Waals surface area contributed by atoms with Crippen molar-refractivity contribution in [3.63, 3.8) is 0 Å². The van der Waals surface area contributed by atoms with Crippen molar-refractivity contribution in [2.75, 3.05) is 5.32 Å². The number of nitrogens with zero attached hydrogens (tertiary/aromatic N) is 1. The Morgan fingerprint density at radius 3 is 2.00 bits per heavy atom. The first kappa shape index (κ1) is 19.0. The number of hydrogen-bond acceptors (Lipinski definition) is 3. The standard InChI is InChI=1S/C14H11F7N2O2/c1-5(23-25-6-3-2-4-6)13(24)22-12-10(17)8(15)7(14(19,20)21)9(16)11(12)18/h6H,2-4H2,1H3,(H,22,24)/b23-5+. The second-order valence-corrected chi connectivity index (χ2v) is 5.29. The number of anilines is 1. The molecule has 0 spiro atoms. The predicted molar refractivity (Wildman–Crippen MR) is 71.7 cm³/mol. The molecule has 138 valence electrons. The van der Waals surface area contributed by atoms with Crippen LogP contribution >= 0.6 is 0 Å². The van der Waals surface area contributed by atoms with Crippen LogP contribution in [-0.4, -0.2) is 17.7 Å². The van der Waals surface area contributed by atoms with Crippen molar-refractivity contribution >= 4 is 17.3 Å². The Labute approximate surface area is 136 Å². The molecule has 0 bridgehead atoms. The Hall–Kier alpha value is -2.33. The van der Waals surface area contributed by atoms with Crippen LogP contribution in [0.2, 0.25) is 0 Å². The van der Waals surface area contributed by atoms with E-state index in [2.05, 4.69) is 5.16 Å². The van der Waals surface area contributed by atoms with Crippen molar-refractivity contribution in [3.05, 3.63) is 28.8 Å². The van der Waals surface area contributed by atoms with Gasteiger partial charge in [0.05, 0.1) is 0 Å². The van der Waals surface area contributed by atoms with Gasteiger partial charge in [-0.2, -0.15) is 13.2 Å². The quantitative estimate of drug-likeness (QED) is 0.374. The summed E-state index contributed by atoms with van der Waals surface area (Å²) in [6, 6.07) is 0. The van der Waals surface area contributed by atoms with Gasteiger partial charge in [-0.15, -0.1) is 0 Å². The minimum Gasteiger partial charge on any atom is -0.392 e. The predicted octanol–water partition coefficient (Wildman–Crippen LogP) is 4.15. The third-order valence-corrected chi connectivity index (χ3v) is 3.50. The minimum atomic E-state index is -5.66. The van der Waals surface area contributed by atoms with Gasteiger partial charge in [-0.05, 0) is 26.2 Å². The van der Waals surface area contributed by atoms with Crippen molar-refractivity contribution in [2.24, 2.45) is 5.16 Å². The number of oxime groups is 1. The first-order valence-electron chi connectivity index (χ1n) is 6.99. The monoisotopic (exact) mass is 372 g/mol. The third kappa shape index (κ3) is 3.85. The number of benzene rings is 1. The van der Waals surface area contributed by atoms with Crippen molar-refractivity contribution in [3.8, 4) is 0 Å². The molecule has 0 saturated heterocycles. The number of halogens is 7. The average molecular weight is 372 g/mol. The molecule has 1 aromatic rings. The lowest BCUT2D eigenvalue weighted by Gasteiger charge is -2.22. The molecule has 1 aliphatic carbocycles. The van der Waals surface area contributed by atoms with E-state index in [9.17, 15) is 35.5 Å². The van der Waals surface area contributed by atoms with E-state index in [1.54, 1.807) is 0 Å². The molecule has 1 aromatic carbocycles. The van der Waals surface area contributed by atoms with E-state index in [-0.39, 0.29) is 6.10 Å². The Morgan fingerprint density at radius 2 is 1.60 bits per heavy atom. The highest BCUT2D eigenvalue weighted by atomic mass is 19.4. The van der Waals surface area contributed by atoms with Gasteiger partial charge in [-0.1, -0.05) is 5.16 Å². The lowest BCUT2D eigenvalue weighted by atomic mass is 9.97. The van der Waals surface area contributed by atoms with Gasteiger partial charge < -0.3 is 10.2 Å². The molecule has 1 fully saturated rings. The second kappa shape index (κ2) is 6.89. The van der Waals surface area contributed by atoms with Crippen LogP contribution in [0, 0.1) is 23.3 Å². The fourth-order valence-corrected chi connectivity index (χ4v) is 1.87. The Morgan fingerprint density at radius 1 is 1.08 bits per heavy atom. The molecule has 0 radical (unpaired) electrons. The van der Waals surface area contributed by atoms with E-state index in [4.69, 9.17) is 4.84 Å². The van der Waals surface area contributed by atoms with E-state index in [1.807, 2.05) is 0 Å². The Balaban J connectivity index is 2.29. The molecule has 0 atom stereocenters. The number of rotatable bonds is 4. The zero-order chi connectivity index (χ0) is 18.9. The van der Waals surface area contributed by atoms with Gasteiger partial charge in [0, 0.05) is 0 Å². The zero-order valence-electron chi connectivity index (χ0n) is 12.6. The molecule has 4 nitrogen and oxygen atoms in total. The molecule has 1 N–H and O–H groups in total. The maximum atomic E-state index is 13.7. The molecular weight excluding hydrogens is 361 g/mol. The lowest BCUT2D eigenvalue weighted by molar-refractivity contribution is -0.143. The van der Waals surface area contributed by atoms with Gasteiger partial charge in [0.15, 0.2) is 23.3 Å². The van der Waals surface area contributed by atoms with Gasteiger partial charge in [-0.25, -0.2) is 17.6 Å². The van der Waals surface area contributed by atoms with Gasteiger partial charge in [0.2, 0.25) is 0 Å². The van der Waals surface area contributed by atoms with Crippen LogP contribution in [-0.2, 0) is 15.8 Å². The number of carbonyl (C=O) groups excluding carboxylic acids is 1. The molecule has 2 rings (SSSR count). The van der Waals surface area contributed by atoms with Crippen LogP contribution in [0.15, 0.2) is 5.16 Å². The normalized spacial score (nSPS) is 15.8. The molecule has 0 aliphatic heterocycles. The second-order valence-electron chi connectivity index (χ2n) is 5.29. The molecule has 0 heterocycles. The van der Waals surface area contributed by atoms with Gasteiger partial charge in [-0.3, -0.25) is 4.79 Å². The van der Waals surface area contributed by atoms with Gasteiger partial charge in [0.1, 0.15) is 23.1 Å². The third-order valence-electron chi connectivity index (χ3n) is 3.50. The first-order valence-corrected chi connectivity index (χ1v) is 6.99. The minimum absolute atomic E-state index is 0.211. The maximum absolute atomic E-state index is 13.7. The zero-order valence-corrected chi connectivity index (χ0v) is 12.6. The molecule has 1 amide bonds. The van der Waals surface area contributed by atoms with Crippen LogP contribution in [0.25, 0.3) is 0 Å². The summed E-state index contributed by atoms with van der Waals surface area (Å²) in [5.41, 5.74) is -4.85. The number of hydrogen-bond donors (Lipinski definition) is 1. The molecule has 0 unspecified atom stereocenters. The van der Waals surface area contributed by atoms with Crippen LogP contribution < -0.4 is 5.32 Å². The van der Waals surface area contributed by atoms with Crippen LogP contribution in [0.3, 0.4) is 0 Å². The Kier molecular flexibility index (Phi) is 5.23. The first-order chi connectivity index (χ1) is 11.5. The summed E-state index contributed by atoms with van der Waals surface area (Å²) < 4.78 is 91.6. The molecule has 1 saturated carbocycles. The fraction of sp³-hybridized carbons (Fsp3) is 0.429.